The van der Waals surface area contributed by atoms with Crippen molar-refractivity contribution in [3.63, 3.8) is 0 Å². The molecule has 1 saturated heterocycles. The molecule has 180 valence electrons. The third kappa shape index (κ3) is 4.43. The van der Waals surface area contributed by atoms with Gasteiger partial charge in [-0.2, -0.15) is 0 Å². The van der Waals surface area contributed by atoms with Gasteiger partial charge in [-0.1, -0.05) is 50.6 Å². The first-order valence-electron chi connectivity index (χ1n) is 11.6. The van der Waals surface area contributed by atoms with Crippen LogP contribution in [0, 0.1) is 11.7 Å². The molecule has 4 atom stereocenters. The van der Waals surface area contributed by atoms with Gasteiger partial charge >= 0.3 is 0 Å². The molecule has 2 aromatic rings. The molecule has 2 aliphatic heterocycles. The summed E-state index contributed by atoms with van der Waals surface area (Å²) in [6.07, 6.45) is 0.689. The summed E-state index contributed by atoms with van der Waals surface area (Å²) in [6, 6.07) is 11.9. The summed E-state index contributed by atoms with van der Waals surface area (Å²) < 4.78 is 12.6. The van der Waals surface area contributed by atoms with Crippen molar-refractivity contribution in [2.45, 2.75) is 62.9 Å². The topological polar surface area (TPSA) is 78.5 Å². The highest BCUT2D eigenvalue weighted by Crippen LogP contribution is 2.56. The molecule has 1 fully saturated rings. The van der Waals surface area contributed by atoms with Gasteiger partial charge in [-0.25, -0.2) is 4.39 Å². The number of amides is 3. The predicted molar refractivity (Wildman–Crippen MR) is 130 cm³/mol. The normalized spacial score (nSPS) is 22.0. The smallest absolute Gasteiger partial charge is 0.256 e. The Morgan fingerprint density at radius 3 is 2.50 bits per heavy atom. The standard InChI is InChI=1S/C26H30FN3O3S/c1-5-15(2)20(22(31)28-14-16-10-12-17(27)13-11-16)29-23(32)21-26(3,4)34-25-19-9-7-6-8-18(19)24(33)30(21)25/h6-13,15,20-21,25H,5,14H2,1-4H3,(H,28,31)(H,29,32)/t15-,20-,21+,25+/m0/s1. The van der Waals surface area contributed by atoms with Crippen molar-refractivity contribution in [3.05, 3.63) is 71.0 Å². The summed E-state index contributed by atoms with van der Waals surface area (Å²) in [5.74, 6) is -1.24. The van der Waals surface area contributed by atoms with Crippen LogP contribution in [0.1, 0.15) is 61.0 Å². The number of hydrogen-bond acceptors (Lipinski definition) is 4. The maximum atomic E-state index is 13.6. The fraction of sp³-hybridized carbons (Fsp3) is 0.423. The molecule has 2 N–H and O–H groups in total. The highest BCUT2D eigenvalue weighted by Gasteiger charge is 2.57. The summed E-state index contributed by atoms with van der Waals surface area (Å²) in [5, 5.41) is 5.59. The average molecular weight is 484 g/mol. The molecule has 0 spiro atoms. The fourth-order valence-electron chi connectivity index (χ4n) is 4.64. The van der Waals surface area contributed by atoms with Crippen LogP contribution in [0.25, 0.3) is 0 Å². The van der Waals surface area contributed by atoms with Crippen molar-refractivity contribution in [1.29, 1.82) is 0 Å². The third-order valence-corrected chi connectivity index (χ3v) is 8.25. The Morgan fingerprint density at radius 2 is 1.82 bits per heavy atom. The third-order valence-electron chi connectivity index (χ3n) is 6.72. The van der Waals surface area contributed by atoms with Gasteiger partial charge in [0.25, 0.3) is 5.91 Å². The minimum atomic E-state index is -0.752. The number of halogens is 1. The van der Waals surface area contributed by atoms with Gasteiger partial charge in [0.05, 0.1) is 0 Å². The molecular weight excluding hydrogens is 453 g/mol. The lowest BCUT2D eigenvalue weighted by molar-refractivity contribution is -0.133. The lowest BCUT2D eigenvalue weighted by Gasteiger charge is -2.32. The number of nitrogens with zero attached hydrogens (tertiary/aromatic N) is 1. The molecule has 0 unspecified atom stereocenters. The number of fused-ring (bicyclic) bond motifs is 3. The minimum Gasteiger partial charge on any atom is -0.350 e. The van der Waals surface area contributed by atoms with E-state index < -0.39 is 16.8 Å². The quantitative estimate of drug-likeness (QED) is 0.624. The van der Waals surface area contributed by atoms with E-state index in [1.54, 1.807) is 34.9 Å². The molecule has 3 amide bonds. The first-order valence-corrected chi connectivity index (χ1v) is 12.4. The second-order valence-corrected chi connectivity index (χ2v) is 11.2. The van der Waals surface area contributed by atoms with Gasteiger partial charge in [0.2, 0.25) is 11.8 Å². The maximum Gasteiger partial charge on any atom is 0.256 e. The number of rotatable bonds is 7. The molecule has 6 nitrogen and oxygen atoms in total. The van der Waals surface area contributed by atoms with E-state index in [0.717, 1.165) is 11.1 Å². The number of carbonyl (C=O) groups excluding carboxylic acids is 3. The van der Waals surface area contributed by atoms with Crippen molar-refractivity contribution in [2.75, 3.05) is 0 Å². The van der Waals surface area contributed by atoms with E-state index >= 15 is 0 Å². The zero-order valence-corrected chi connectivity index (χ0v) is 20.6. The molecular formula is C26H30FN3O3S. The lowest BCUT2D eigenvalue weighted by Crippen LogP contribution is -2.58. The number of benzene rings is 2. The Morgan fingerprint density at radius 1 is 1.15 bits per heavy atom. The molecule has 4 rings (SSSR count). The SMILES string of the molecule is CC[C@H](C)[C@H](NC(=O)[C@H]1N2C(=O)c3ccccc3[C@H]2SC1(C)C)C(=O)NCc1ccc(F)cc1. The highest BCUT2D eigenvalue weighted by molar-refractivity contribution is 8.01. The van der Waals surface area contributed by atoms with Gasteiger partial charge < -0.3 is 15.5 Å². The van der Waals surface area contributed by atoms with Gasteiger partial charge in [0.1, 0.15) is 23.3 Å². The average Bonchev–Trinajstić information content (AvgIpc) is 3.25. The Kier molecular flexibility index (Phi) is 6.71. The molecule has 2 aliphatic rings. The van der Waals surface area contributed by atoms with E-state index in [0.29, 0.717) is 12.0 Å². The summed E-state index contributed by atoms with van der Waals surface area (Å²) in [5.41, 5.74) is 2.32. The van der Waals surface area contributed by atoms with Gasteiger partial charge in [0, 0.05) is 16.9 Å². The Hall–Kier alpha value is -2.87. The predicted octanol–water partition coefficient (Wildman–Crippen LogP) is 4.02. The number of hydrogen-bond donors (Lipinski definition) is 2. The Balaban J connectivity index is 1.51. The van der Waals surface area contributed by atoms with Crippen LogP contribution in [-0.4, -0.2) is 39.5 Å². The zero-order valence-electron chi connectivity index (χ0n) is 19.8. The van der Waals surface area contributed by atoms with Gasteiger partial charge in [-0.05, 0) is 49.1 Å². The van der Waals surface area contributed by atoms with Gasteiger partial charge in [-0.3, -0.25) is 14.4 Å². The van der Waals surface area contributed by atoms with E-state index in [9.17, 15) is 18.8 Å². The van der Waals surface area contributed by atoms with E-state index in [4.69, 9.17) is 0 Å². The molecule has 2 heterocycles. The summed E-state index contributed by atoms with van der Waals surface area (Å²) in [7, 11) is 0. The number of nitrogens with one attached hydrogen (secondary N) is 2. The second kappa shape index (κ2) is 9.41. The molecule has 34 heavy (non-hydrogen) atoms. The molecule has 2 aromatic carbocycles. The van der Waals surface area contributed by atoms with Crippen LogP contribution >= 0.6 is 11.8 Å². The largest absolute Gasteiger partial charge is 0.350 e. The van der Waals surface area contributed by atoms with Crippen molar-refractivity contribution >= 4 is 29.5 Å². The Labute approximate surface area is 203 Å². The van der Waals surface area contributed by atoms with Crippen molar-refractivity contribution in [1.82, 2.24) is 15.5 Å². The van der Waals surface area contributed by atoms with Gasteiger partial charge in [0.15, 0.2) is 0 Å². The van der Waals surface area contributed by atoms with Crippen molar-refractivity contribution in [3.8, 4) is 0 Å². The van der Waals surface area contributed by atoms with E-state index in [-0.39, 0.29) is 41.4 Å². The number of thioether (sulfide) groups is 1. The zero-order chi connectivity index (χ0) is 24.6. The van der Waals surface area contributed by atoms with Crippen LogP contribution in [0.2, 0.25) is 0 Å². The lowest BCUT2D eigenvalue weighted by atomic mass is 9.95. The van der Waals surface area contributed by atoms with E-state index in [2.05, 4.69) is 10.6 Å². The second-order valence-electron chi connectivity index (χ2n) is 9.49. The summed E-state index contributed by atoms with van der Waals surface area (Å²) in [6.45, 7) is 8.03. The molecule has 0 radical (unpaired) electrons. The monoisotopic (exact) mass is 483 g/mol. The molecule has 0 aromatic heterocycles. The number of carbonyl (C=O) groups is 3. The van der Waals surface area contributed by atoms with Crippen LogP contribution in [0.4, 0.5) is 4.39 Å². The molecule has 0 bridgehead atoms. The van der Waals surface area contributed by atoms with Crippen LogP contribution in [0.5, 0.6) is 0 Å². The fourth-order valence-corrected chi connectivity index (χ4v) is 6.23. The van der Waals surface area contributed by atoms with Crippen molar-refractivity contribution in [2.24, 2.45) is 5.92 Å². The van der Waals surface area contributed by atoms with Crippen LogP contribution in [-0.2, 0) is 16.1 Å². The minimum absolute atomic E-state index is 0.114. The molecule has 0 aliphatic carbocycles. The summed E-state index contributed by atoms with van der Waals surface area (Å²) in [4.78, 5) is 41.5. The van der Waals surface area contributed by atoms with E-state index in [1.165, 1.54) is 12.1 Å². The van der Waals surface area contributed by atoms with Crippen LogP contribution < -0.4 is 10.6 Å². The summed E-state index contributed by atoms with van der Waals surface area (Å²) >= 11 is 1.59. The van der Waals surface area contributed by atoms with Crippen LogP contribution in [0.15, 0.2) is 48.5 Å². The van der Waals surface area contributed by atoms with Crippen molar-refractivity contribution < 1.29 is 18.8 Å². The Bertz CT molecular complexity index is 1100. The first-order chi connectivity index (χ1) is 16.1. The maximum absolute atomic E-state index is 13.6. The van der Waals surface area contributed by atoms with Crippen LogP contribution in [0.3, 0.4) is 0 Å². The van der Waals surface area contributed by atoms with Gasteiger partial charge in [-0.15, -0.1) is 11.8 Å². The molecule has 0 saturated carbocycles. The molecule has 8 heteroatoms. The van der Waals surface area contributed by atoms with E-state index in [1.807, 2.05) is 45.9 Å². The first kappa shape index (κ1) is 24.3. The highest BCUT2D eigenvalue weighted by atomic mass is 32.2.